The number of nitrogens with one attached hydrogen (secondary N) is 1. The average molecular weight is 319 g/mol. The number of nitrogen functional groups attached to an aromatic ring is 1. The van der Waals surface area contributed by atoms with Crippen LogP contribution < -0.4 is 11.1 Å². The number of benzene rings is 2. The van der Waals surface area contributed by atoms with Crippen LogP contribution in [0.25, 0.3) is 0 Å². The summed E-state index contributed by atoms with van der Waals surface area (Å²) >= 11 is 5.84. The van der Waals surface area contributed by atoms with Crippen molar-refractivity contribution in [2.75, 3.05) is 11.1 Å². The summed E-state index contributed by atoms with van der Waals surface area (Å²) in [5.74, 6) is -1.03. The third-order valence-corrected chi connectivity index (χ3v) is 3.13. The number of ether oxygens (including phenoxy) is 1. The van der Waals surface area contributed by atoms with Gasteiger partial charge in [-0.15, -0.1) is 0 Å². The van der Waals surface area contributed by atoms with Crippen molar-refractivity contribution < 1.29 is 14.3 Å². The van der Waals surface area contributed by atoms with E-state index < -0.39 is 18.0 Å². The quantitative estimate of drug-likeness (QED) is 0.670. The van der Waals surface area contributed by atoms with E-state index in [1.165, 1.54) is 6.92 Å². The highest BCUT2D eigenvalue weighted by molar-refractivity contribution is 6.30. The molecule has 0 bridgehead atoms. The zero-order chi connectivity index (χ0) is 16.1. The lowest BCUT2D eigenvalue weighted by atomic mass is 10.2. The molecule has 2 aromatic carbocycles. The number of hydrogen-bond acceptors (Lipinski definition) is 4. The Balaban J connectivity index is 1.96. The number of carbonyl (C=O) groups excluding carboxylic acids is 2. The van der Waals surface area contributed by atoms with Gasteiger partial charge in [-0.05, 0) is 49.4 Å². The van der Waals surface area contributed by atoms with E-state index in [0.29, 0.717) is 22.0 Å². The molecule has 0 unspecified atom stereocenters. The molecular weight excluding hydrogens is 304 g/mol. The van der Waals surface area contributed by atoms with Crippen LogP contribution in [0, 0.1) is 0 Å². The number of rotatable bonds is 4. The van der Waals surface area contributed by atoms with Gasteiger partial charge in [0.05, 0.1) is 5.56 Å². The number of esters is 1. The van der Waals surface area contributed by atoms with E-state index in [2.05, 4.69) is 5.32 Å². The first-order valence-electron chi connectivity index (χ1n) is 6.58. The van der Waals surface area contributed by atoms with Gasteiger partial charge in [0.25, 0.3) is 5.91 Å². The second-order valence-electron chi connectivity index (χ2n) is 4.67. The number of halogens is 1. The second kappa shape index (κ2) is 6.95. The molecule has 1 atom stereocenters. The van der Waals surface area contributed by atoms with Crippen LogP contribution >= 0.6 is 11.6 Å². The monoisotopic (exact) mass is 318 g/mol. The highest BCUT2D eigenvalue weighted by atomic mass is 35.5. The maximum Gasteiger partial charge on any atom is 0.338 e. The lowest BCUT2D eigenvalue weighted by Gasteiger charge is -2.13. The van der Waals surface area contributed by atoms with Gasteiger partial charge < -0.3 is 15.8 Å². The van der Waals surface area contributed by atoms with Crippen molar-refractivity contribution >= 4 is 34.9 Å². The van der Waals surface area contributed by atoms with Crippen LogP contribution in [-0.2, 0) is 9.53 Å². The minimum atomic E-state index is -0.941. The molecule has 3 N–H and O–H groups in total. The molecule has 22 heavy (non-hydrogen) atoms. The van der Waals surface area contributed by atoms with Crippen molar-refractivity contribution in [2.24, 2.45) is 0 Å². The summed E-state index contributed by atoms with van der Waals surface area (Å²) in [6.45, 7) is 1.50. The first-order valence-corrected chi connectivity index (χ1v) is 6.96. The van der Waals surface area contributed by atoms with Gasteiger partial charge >= 0.3 is 5.97 Å². The normalized spacial score (nSPS) is 11.5. The molecule has 5 nitrogen and oxygen atoms in total. The van der Waals surface area contributed by atoms with E-state index in [1.54, 1.807) is 48.5 Å². The summed E-state index contributed by atoms with van der Waals surface area (Å²) in [7, 11) is 0. The number of amides is 1. The fourth-order valence-electron chi connectivity index (χ4n) is 1.71. The third kappa shape index (κ3) is 4.23. The van der Waals surface area contributed by atoms with Gasteiger partial charge in [-0.2, -0.15) is 0 Å². The lowest BCUT2D eigenvalue weighted by molar-refractivity contribution is -0.123. The average Bonchev–Trinajstić information content (AvgIpc) is 2.47. The van der Waals surface area contributed by atoms with Gasteiger partial charge in [0.1, 0.15) is 0 Å². The highest BCUT2D eigenvalue weighted by Gasteiger charge is 2.19. The Bertz CT molecular complexity index is 686. The molecule has 0 saturated carbocycles. The Morgan fingerprint density at radius 2 is 1.86 bits per heavy atom. The predicted octanol–water partition coefficient (Wildman–Crippen LogP) is 3.11. The van der Waals surface area contributed by atoms with Crippen LogP contribution in [0.1, 0.15) is 17.3 Å². The number of carbonyl (C=O) groups is 2. The Labute approximate surface area is 133 Å². The second-order valence-corrected chi connectivity index (χ2v) is 5.11. The summed E-state index contributed by atoms with van der Waals surface area (Å²) in [5.41, 5.74) is 6.96. The molecule has 0 aromatic heterocycles. The molecule has 0 aliphatic carbocycles. The van der Waals surface area contributed by atoms with Crippen LogP contribution in [0.2, 0.25) is 5.02 Å². The van der Waals surface area contributed by atoms with Crippen LogP contribution in [0.15, 0.2) is 48.5 Å². The van der Waals surface area contributed by atoms with Gasteiger partial charge in [-0.1, -0.05) is 17.7 Å². The van der Waals surface area contributed by atoms with Gasteiger partial charge in [-0.3, -0.25) is 4.79 Å². The highest BCUT2D eigenvalue weighted by Crippen LogP contribution is 2.15. The maximum absolute atomic E-state index is 12.0. The van der Waals surface area contributed by atoms with Crippen molar-refractivity contribution in [3.05, 3.63) is 59.1 Å². The standard InChI is InChI=1S/C16H15ClN2O3/c1-10(15(20)19-14-4-2-3-12(17)9-14)22-16(21)11-5-7-13(18)8-6-11/h2-10H,18H2,1H3,(H,19,20)/t10-/m1/s1. The van der Waals surface area contributed by atoms with Gasteiger partial charge in [-0.25, -0.2) is 4.79 Å². The van der Waals surface area contributed by atoms with E-state index in [4.69, 9.17) is 22.1 Å². The third-order valence-electron chi connectivity index (χ3n) is 2.89. The SMILES string of the molecule is C[C@@H](OC(=O)c1ccc(N)cc1)C(=O)Nc1cccc(Cl)c1. The summed E-state index contributed by atoms with van der Waals surface area (Å²) in [5, 5.41) is 3.13. The van der Waals surface area contributed by atoms with E-state index in [9.17, 15) is 9.59 Å². The molecule has 0 saturated heterocycles. The molecule has 0 spiro atoms. The van der Waals surface area contributed by atoms with Crippen LogP contribution in [0.4, 0.5) is 11.4 Å². The minimum Gasteiger partial charge on any atom is -0.449 e. The van der Waals surface area contributed by atoms with Gasteiger partial charge in [0.2, 0.25) is 0 Å². The van der Waals surface area contributed by atoms with Crippen molar-refractivity contribution in [3.8, 4) is 0 Å². The largest absolute Gasteiger partial charge is 0.449 e. The molecule has 2 rings (SSSR count). The molecule has 0 heterocycles. The Kier molecular flexibility index (Phi) is 5.01. The first kappa shape index (κ1) is 15.9. The molecule has 114 valence electrons. The topological polar surface area (TPSA) is 81.4 Å². The molecule has 0 fully saturated rings. The van der Waals surface area contributed by atoms with E-state index in [1.807, 2.05) is 0 Å². The predicted molar refractivity (Wildman–Crippen MR) is 85.8 cm³/mol. The zero-order valence-electron chi connectivity index (χ0n) is 11.9. The molecule has 0 aliphatic heterocycles. The van der Waals surface area contributed by atoms with Crippen molar-refractivity contribution in [3.63, 3.8) is 0 Å². The zero-order valence-corrected chi connectivity index (χ0v) is 12.6. The molecule has 1 amide bonds. The number of hydrogen-bond donors (Lipinski definition) is 2. The summed E-state index contributed by atoms with van der Waals surface area (Å²) in [6, 6.07) is 13.0. The fourth-order valence-corrected chi connectivity index (χ4v) is 1.90. The van der Waals surface area contributed by atoms with Gasteiger partial charge in [0.15, 0.2) is 6.10 Å². The summed E-state index contributed by atoms with van der Waals surface area (Å²) in [4.78, 5) is 23.9. The Hall–Kier alpha value is -2.53. The van der Waals surface area contributed by atoms with Crippen molar-refractivity contribution in [2.45, 2.75) is 13.0 Å². The van der Waals surface area contributed by atoms with Crippen LogP contribution in [-0.4, -0.2) is 18.0 Å². The first-order chi connectivity index (χ1) is 10.5. The molecule has 0 aliphatic rings. The van der Waals surface area contributed by atoms with E-state index >= 15 is 0 Å². The van der Waals surface area contributed by atoms with Crippen molar-refractivity contribution in [1.82, 2.24) is 0 Å². The van der Waals surface area contributed by atoms with Crippen molar-refractivity contribution in [1.29, 1.82) is 0 Å². The lowest BCUT2D eigenvalue weighted by Crippen LogP contribution is -2.30. The molecule has 6 heteroatoms. The summed E-state index contributed by atoms with van der Waals surface area (Å²) < 4.78 is 5.12. The Morgan fingerprint density at radius 1 is 1.18 bits per heavy atom. The van der Waals surface area contributed by atoms with E-state index in [-0.39, 0.29) is 0 Å². The molecule has 0 radical (unpaired) electrons. The van der Waals surface area contributed by atoms with Crippen LogP contribution in [0.3, 0.4) is 0 Å². The minimum absolute atomic E-state index is 0.330. The number of nitrogens with two attached hydrogens (primary N) is 1. The van der Waals surface area contributed by atoms with Gasteiger partial charge in [0, 0.05) is 16.4 Å². The smallest absolute Gasteiger partial charge is 0.338 e. The maximum atomic E-state index is 12.0. The Morgan fingerprint density at radius 3 is 2.50 bits per heavy atom. The number of anilines is 2. The van der Waals surface area contributed by atoms with E-state index in [0.717, 1.165) is 0 Å². The van der Waals surface area contributed by atoms with Crippen LogP contribution in [0.5, 0.6) is 0 Å². The summed E-state index contributed by atoms with van der Waals surface area (Å²) in [6.07, 6.45) is -0.941. The fraction of sp³-hybridized carbons (Fsp3) is 0.125. The molecular formula is C16H15ClN2O3. The molecule has 2 aromatic rings.